The Labute approximate surface area is 268 Å². The number of fused-ring (bicyclic) bond motifs is 1. The van der Waals surface area contributed by atoms with E-state index in [2.05, 4.69) is 20.9 Å². The van der Waals surface area contributed by atoms with Crippen LogP contribution in [0.3, 0.4) is 0 Å². The summed E-state index contributed by atoms with van der Waals surface area (Å²) in [5.74, 6) is 1.30. The van der Waals surface area contributed by atoms with Crippen LogP contribution in [-0.4, -0.2) is 30.4 Å². The van der Waals surface area contributed by atoms with Gasteiger partial charge >= 0.3 is 5.97 Å². The van der Waals surface area contributed by atoms with E-state index in [4.69, 9.17) is 18.9 Å². The van der Waals surface area contributed by atoms with Gasteiger partial charge in [-0.05, 0) is 74.7 Å². The Morgan fingerprint density at radius 1 is 1.07 bits per heavy atom. The molecule has 0 unspecified atom stereocenters. The van der Waals surface area contributed by atoms with Crippen LogP contribution in [0.2, 0.25) is 0 Å². The van der Waals surface area contributed by atoms with E-state index in [1.807, 2.05) is 73.7 Å². The van der Waals surface area contributed by atoms with Crippen LogP contribution in [-0.2, 0) is 16.1 Å². The molecule has 4 aromatic rings. The average molecular weight is 678 g/mol. The molecule has 0 aliphatic carbocycles. The molecule has 44 heavy (non-hydrogen) atoms. The third kappa shape index (κ3) is 6.66. The van der Waals surface area contributed by atoms with Crippen LogP contribution in [0, 0.1) is 0 Å². The van der Waals surface area contributed by atoms with E-state index in [1.165, 1.54) is 11.3 Å². The number of aromatic nitrogens is 1. The lowest BCUT2D eigenvalue weighted by Crippen LogP contribution is -2.40. The standard InChI is InChI=1S/C34H33BrN2O6S/c1-6-41-25-14-12-23(13-15-25)31-30(33(39)43-20(2)3)21(4)36-34-37(31)32(38)29(44-34)17-24-16-27(40-5)28(18-26(24)35)42-19-22-10-8-7-9-11-22/h7-18,20,31H,6,19H2,1-5H3/b29-17+/t31-/m0/s1. The Bertz CT molecular complexity index is 1880. The third-order valence-electron chi connectivity index (χ3n) is 6.90. The molecule has 0 bridgehead atoms. The van der Waals surface area contributed by atoms with E-state index >= 15 is 0 Å². The first-order valence-electron chi connectivity index (χ1n) is 14.2. The Hall–Kier alpha value is -4.15. The fraction of sp³-hybridized carbons (Fsp3) is 0.265. The molecule has 5 rings (SSSR count). The third-order valence-corrected chi connectivity index (χ3v) is 8.57. The van der Waals surface area contributed by atoms with Gasteiger partial charge in [0.1, 0.15) is 12.4 Å². The maximum absolute atomic E-state index is 14.1. The number of carbonyl (C=O) groups excluding carboxylic acids is 1. The highest BCUT2D eigenvalue weighted by atomic mass is 79.9. The maximum atomic E-state index is 14.1. The Kier molecular flexibility index (Phi) is 9.71. The molecule has 0 saturated heterocycles. The minimum absolute atomic E-state index is 0.273. The van der Waals surface area contributed by atoms with E-state index in [1.54, 1.807) is 38.5 Å². The molecule has 0 fully saturated rings. The number of hydrogen-bond acceptors (Lipinski definition) is 8. The Morgan fingerprint density at radius 2 is 1.80 bits per heavy atom. The van der Waals surface area contributed by atoms with Gasteiger partial charge in [0.05, 0.1) is 41.7 Å². The van der Waals surface area contributed by atoms with Gasteiger partial charge in [-0.2, -0.15) is 0 Å². The van der Waals surface area contributed by atoms with Gasteiger partial charge in [0.15, 0.2) is 16.3 Å². The lowest BCUT2D eigenvalue weighted by atomic mass is 9.96. The number of benzene rings is 3. The normalized spacial score (nSPS) is 14.7. The topological polar surface area (TPSA) is 88.4 Å². The number of thiazole rings is 1. The minimum atomic E-state index is -0.720. The first kappa shape index (κ1) is 31.3. The van der Waals surface area contributed by atoms with Gasteiger partial charge in [0, 0.05) is 4.47 Å². The highest BCUT2D eigenvalue weighted by Crippen LogP contribution is 2.35. The zero-order chi connectivity index (χ0) is 31.4. The minimum Gasteiger partial charge on any atom is -0.494 e. The Morgan fingerprint density at radius 3 is 2.45 bits per heavy atom. The van der Waals surface area contributed by atoms with Crippen LogP contribution in [0.25, 0.3) is 6.08 Å². The number of esters is 1. The molecule has 228 valence electrons. The molecule has 8 nitrogen and oxygen atoms in total. The van der Waals surface area contributed by atoms with E-state index in [0.29, 0.717) is 51.1 Å². The molecular weight excluding hydrogens is 644 g/mol. The summed E-state index contributed by atoms with van der Waals surface area (Å²) in [5.41, 5.74) is 3.06. The van der Waals surface area contributed by atoms with Gasteiger partial charge in [0.25, 0.3) is 5.56 Å². The van der Waals surface area contributed by atoms with Crippen molar-refractivity contribution < 1.29 is 23.7 Å². The zero-order valence-corrected chi connectivity index (χ0v) is 27.5. The first-order valence-corrected chi connectivity index (χ1v) is 15.8. The number of hydrogen-bond donors (Lipinski definition) is 0. The smallest absolute Gasteiger partial charge is 0.338 e. The number of halogens is 1. The summed E-state index contributed by atoms with van der Waals surface area (Å²) < 4.78 is 25.6. The van der Waals surface area contributed by atoms with Crippen molar-refractivity contribution in [2.45, 2.75) is 46.4 Å². The first-order chi connectivity index (χ1) is 21.2. The molecule has 1 aliphatic heterocycles. The van der Waals surface area contributed by atoms with Crippen molar-refractivity contribution in [2.75, 3.05) is 13.7 Å². The molecule has 0 spiro atoms. The molecule has 1 aliphatic rings. The molecule has 2 heterocycles. The van der Waals surface area contributed by atoms with Gasteiger partial charge < -0.3 is 18.9 Å². The fourth-order valence-corrected chi connectivity index (χ4v) is 6.37. The quantitative estimate of drug-likeness (QED) is 0.193. The predicted octanol–water partition coefficient (Wildman–Crippen LogP) is 5.94. The van der Waals surface area contributed by atoms with Crippen LogP contribution in [0.15, 0.2) is 92.3 Å². The van der Waals surface area contributed by atoms with E-state index in [0.717, 1.165) is 21.2 Å². The highest BCUT2D eigenvalue weighted by molar-refractivity contribution is 9.10. The second-order valence-corrected chi connectivity index (χ2v) is 12.2. The van der Waals surface area contributed by atoms with Gasteiger partial charge in [-0.1, -0.05) is 69.7 Å². The average Bonchev–Trinajstić information content (AvgIpc) is 3.31. The number of ether oxygens (including phenoxy) is 4. The van der Waals surface area contributed by atoms with Crippen LogP contribution in [0.5, 0.6) is 17.2 Å². The van der Waals surface area contributed by atoms with Crippen molar-refractivity contribution in [1.82, 2.24) is 4.57 Å². The molecule has 10 heteroatoms. The van der Waals surface area contributed by atoms with E-state index in [-0.39, 0.29) is 11.7 Å². The molecule has 0 N–H and O–H groups in total. The fourth-order valence-electron chi connectivity index (χ4n) is 4.90. The number of allylic oxidation sites excluding steroid dienone is 1. The summed E-state index contributed by atoms with van der Waals surface area (Å²) in [5, 5.41) is 0. The zero-order valence-electron chi connectivity index (χ0n) is 25.1. The summed E-state index contributed by atoms with van der Waals surface area (Å²) in [6, 6.07) is 20.2. The Balaban J connectivity index is 1.58. The van der Waals surface area contributed by atoms with Gasteiger partial charge in [-0.25, -0.2) is 9.79 Å². The molecule has 3 aromatic carbocycles. The molecular formula is C34H33BrN2O6S. The van der Waals surface area contributed by atoms with Crippen LogP contribution >= 0.6 is 27.3 Å². The van der Waals surface area contributed by atoms with Crippen LogP contribution < -0.4 is 29.1 Å². The van der Waals surface area contributed by atoms with Crippen molar-refractivity contribution in [3.63, 3.8) is 0 Å². The summed E-state index contributed by atoms with van der Waals surface area (Å²) in [4.78, 5) is 32.6. The SMILES string of the molecule is CCOc1ccc([C@H]2C(C(=O)OC(C)C)=C(C)N=c3s/c(=C/c4cc(OC)c(OCc5ccccc5)cc4Br)c(=O)n32)cc1. The van der Waals surface area contributed by atoms with Crippen molar-refractivity contribution >= 4 is 39.3 Å². The molecule has 0 saturated carbocycles. The molecule has 1 aromatic heterocycles. The van der Waals surface area contributed by atoms with Gasteiger partial charge in [0.2, 0.25) is 0 Å². The predicted molar refractivity (Wildman–Crippen MR) is 174 cm³/mol. The molecule has 0 radical (unpaired) electrons. The second-order valence-electron chi connectivity index (χ2n) is 10.3. The van der Waals surface area contributed by atoms with Crippen molar-refractivity contribution in [2.24, 2.45) is 4.99 Å². The van der Waals surface area contributed by atoms with E-state index < -0.39 is 12.0 Å². The number of nitrogens with zero attached hydrogens (tertiary/aromatic N) is 2. The summed E-state index contributed by atoms with van der Waals surface area (Å²) in [6.07, 6.45) is 1.46. The monoisotopic (exact) mass is 676 g/mol. The second kappa shape index (κ2) is 13.7. The van der Waals surface area contributed by atoms with Crippen molar-refractivity contribution in [1.29, 1.82) is 0 Å². The van der Waals surface area contributed by atoms with Crippen LogP contribution in [0.1, 0.15) is 50.4 Å². The van der Waals surface area contributed by atoms with Crippen LogP contribution in [0.4, 0.5) is 0 Å². The number of methoxy groups -OCH3 is 1. The highest BCUT2D eigenvalue weighted by Gasteiger charge is 2.34. The van der Waals surface area contributed by atoms with Crippen molar-refractivity contribution in [3.8, 4) is 17.2 Å². The molecule has 1 atom stereocenters. The molecule has 0 amide bonds. The van der Waals surface area contributed by atoms with Gasteiger partial charge in [-0.3, -0.25) is 9.36 Å². The largest absolute Gasteiger partial charge is 0.494 e. The van der Waals surface area contributed by atoms with Crippen molar-refractivity contribution in [3.05, 3.63) is 119 Å². The summed E-state index contributed by atoms with van der Waals surface area (Å²) in [7, 11) is 1.58. The van der Waals surface area contributed by atoms with E-state index in [9.17, 15) is 9.59 Å². The maximum Gasteiger partial charge on any atom is 0.338 e. The lowest BCUT2D eigenvalue weighted by molar-refractivity contribution is -0.143. The lowest BCUT2D eigenvalue weighted by Gasteiger charge is -2.25. The summed E-state index contributed by atoms with van der Waals surface area (Å²) >= 11 is 4.90. The number of carbonyl (C=O) groups is 1. The number of rotatable bonds is 10. The van der Waals surface area contributed by atoms with Gasteiger partial charge in [-0.15, -0.1) is 0 Å². The summed E-state index contributed by atoms with van der Waals surface area (Å²) in [6.45, 7) is 8.18.